The van der Waals surface area contributed by atoms with Crippen LogP contribution in [0.4, 0.5) is 5.13 Å². The smallest absolute Gasteiger partial charge is 0.226 e. The number of hydrogen-bond donors (Lipinski definition) is 1. The molecule has 5 nitrogen and oxygen atoms in total. The van der Waals surface area contributed by atoms with Crippen LogP contribution in [0.15, 0.2) is 23.6 Å². The minimum atomic E-state index is 0.114. The van der Waals surface area contributed by atoms with Gasteiger partial charge in [0.25, 0.3) is 0 Å². The lowest BCUT2D eigenvalue weighted by Crippen LogP contribution is -2.30. The highest BCUT2D eigenvalue weighted by molar-refractivity contribution is 7.13. The minimum absolute atomic E-state index is 0.114. The number of rotatable bonds is 6. The van der Waals surface area contributed by atoms with E-state index in [0.29, 0.717) is 12.3 Å². The highest BCUT2D eigenvalue weighted by Gasteiger charge is 2.20. The van der Waals surface area contributed by atoms with E-state index in [-0.39, 0.29) is 5.91 Å². The Kier molecular flexibility index (Phi) is 5.74. The lowest BCUT2D eigenvalue weighted by molar-refractivity contribution is -0.117. The van der Waals surface area contributed by atoms with Crippen LogP contribution in [0.2, 0.25) is 0 Å². The summed E-state index contributed by atoms with van der Waals surface area (Å²) in [6.45, 7) is 2.77. The number of anilines is 1. The summed E-state index contributed by atoms with van der Waals surface area (Å²) in [6, 6.07) is 6.34. The highest BCUT2D eigenvalue weighted by atomic mass is 32.1. The molecule has 1 aliphatic carbocycles. The first-order valence-corrected chi connectivity index (χ1v) is 10.7. The van der Waals surface area contributed by atoms with Crippen molar-refractivity contribution < 1.29 is 9.53 Å². The summed E-state index contributed by atoms with van der Waals surface area (Å²) in [5, 5.41) is 5.79. The maximum Gasteiger partial charge on any atom is 0.226 e. The van der Waals surface area contributed by atoms with Gasteiger partial charge in [0, 0.05) is 31.4 Å². The maximum atomic E-state index is 12.2. The number of aromatic nitrogens is 1. The second-order valence-electron chi connectivity index (χ2n) is 7.64. The van der Waals surface area contributed by atoms with Crippen molar-refractivity contribution in [2.75, 3.05) is 19.0 Å². The van der Waals surface area contributed by atoms with Gasteiger partial charge < -0.3 is 10.1 Å². The predicted molar refractivity (Wildman–Crippen MR) is 108 cm³/mol. The van der Waals surface area contributed by atoms with Crippen LogP contribution in [0.1, 0.15) is 48.9 Å². The van der Waals surface area contributed by atoms with Gasteiger partial charge in [-0.05, 0) is 48.4 Å². The Balaban J connectivity index is 1.30. The molecule has 144 valence electrons. The van der Waals surface area contributed by atoms with Crippen LogP contribution >= 0.6 is 11.3 Å². The number of ether oxygens (including phenoxy) is 1. The number of carbonyl (C=O) groups excluding carboxylic acids is 1. The van der Waals surface area contributed by atoms with Gasteiger partial charge in [-0.1, -0.05) is 18.9 Å². The summed E-state index contributed by atoms with van der Waals surface area (Å²) in [5.41, 5.74) is 3.78. The summed E-state index contributed by atoms with van der Waals surface area (Å²) >= 11 is 1.53. The van der Waals surface area contributed by atoms with Crippen molar-refractivity contribution in [3.8, 4) is 5.75 Å². The van der Waals surface area contributed by atoms with Crippen molar-refractivity contribution in [2.24, 2.45) is 5.92 Å². The van der Waals surface area contributed by atoms with E-state index >= 15 is 0 Å². The van der Waals surface area contributed by atoms with E-state index in [9.17, 15) is 4.79 Å². The van der Waals surface area contributed by atoms with Crippen LogP contribution < -0.4 is 10.1 Å². The van der Waals surface area contributed by atoms with E-state index in [1.165, 1.54) is 48.1 Å². The summed E-state index contributed by atoms with van der Waals surface area (Å²) < 4.78 is 5.32. The van der Waals surface area contributed by atoms with Crippen molar-refractivity contribution >= 4 is 22.4 Å². The van der Waals surface area contributed by atoms with Crippen molar-refractivity contribution in [1.29, 1.82) is 0 Å². The number of carbonyl (C=O) groups is 1. The molecule has 1 aromatic heterocycles. The first kappa shape index (κ1) is 18.4. The summed E-state index contributed by atoms with van der Waals surface area (Å²) in [4.78, 5) is 19.2. The SMILES string of the molecule is COc1ccc2c(c1)CCN(Cc1csc(NC(=O)CC3CCCC3)n1)C2. The summed E-state index contributed by atoms with van der Waals surface area (Å²) in [6.07, 6.45) is 6.59. The van der Waals surface area contributed by atoms with E-state index in [4.69, 9.17) is 4.74 Å². The van der Waals surface area contributed by atoms with E-state index in [1.807, 2.05) is 6.07 Å². The normalized spacial score (nSPS) is 17.7. The number of thiazole rings is 1. The minimum Gasteiger partial charge on any atom is -0.497 e. The standard InChI is InChI=1S/C21H27N3O2S/c1-26-19-7-6-17-12-24(9-8-16(17)11-19)13-18-14-27-21(22-18)23-20(25)10-15-4-2-3-5-15/h6-7,11,14-15H,2-5,8-10,12-13H2,1H3,(H,22,23,25). The van der Waals surface area contributed by atoms with Crippen molar-refractivity contribution in [1.82, 2.24) is 9.88 Å². The van der Waals surface area contributed by atoms with Crippen molar-refractivity contribution in [3.63, 3.8) is 0 Å². The van der Waals surface area contributed by atoms with Gasteiger partial charge in [0.2, 0.25) is 5.91 Å². The zero-order chi connectivity index (χ0) is 18.6. The lowest BCUT2D eigenvalue weighted by Gasteiger charge is -2.28. The summed E-state index contributed by atoms with van der Waals surface area (Å²) in [5.74, 6) is 1.61. The topological polar surface area (TPSA) is 54.5 Å². The third-order valence-electron chi connectivity index (χ3n) is 5.64. The molecule has 0 saturated heterocycles. The number of benzene rings is 1. The molecule has 1 saturated carbocycles. The Morgan fingerprint density at radius 1 is 1.33 bits per heavy atom. The fourth-order valence-electron chi connectivity index (χ4n) is 4.16. The zero-order valence-electron chi connectivity index (χ0n) is 15.9. The van der Waals surface area contributed by atoms with Crippen LogP contribution in [0.5, 0.6) is 5.75 Å². The third kappa shape index (κ3) is 4.68. The zero-order valence-corrected chi connectivity index (χ0v) is 16.7. The second kappa shape index (κ2) is 8.40. The van der Waals surface area contributed by atoms with E-state index in [0.717, 1.165) is 42.6 Å². The molecule has 1 aliphatic heterocycles. The van der Waals surface area contributed by atoms with Crippen molar-refractivity contribution in [3.05, 3.63) is 40.4 Å². The van der Waals surface area contributed by atoms with Gasteiger partial charge in [-0.2, -0.15) is 0 Å². The van der Waals surface area contributed by atoms with Gasteiger partial charge in [-0.25, -0.2) is 4.98 Å². The Morgan fingerprint density at radius 2 is 2.19 bits per heavy atom. The van der Waals surface area contributed by atoms with Gasteiger partial charge in [0.1, 0.15) is 5.75 Å². The third-order valence-corrected chi connectivity index (χ3v) is 6.44. The van der Waals surface area contributed by atoms with Crippen LogP contribution in [0.25, 0.3) is 0 Å². The van der Waals surface area contributed by atoms with Gasteiger partial charge in [-0.3, -0.25) is 9.69 Å². The Bertz CT molecular complexity index is 798. The Labute approximate surface area is 164 Å². The van der Waals surface area contributed by atoms with E-state index in [2.05, 4.69) is 32.7 Å². The molecule has 2 aliphatic rings. The van der Waals surface area contributed by atoms with Crippen LogP contribution in [-0.4, -0.2) is 29.4 Å². The van der Waals surface area contributed by atoms with E-state index in [1.54, 1.807) is 7.11 Å². The van der Waals surface area contributed by atoms with Gasteiger partial charge >= 0.3 is 0 Å². The van der Waals surface area contributed by atoms with Crippen LogP contribution in [0, 0.1) is 5.92 Å². The highest BCUT2D eigenvalue weighted by Crippen LogP contribution is 2.28. The van der Waals surface area contributed by atoms with Gasteiger partial charge in [-0.15, -0.1) is 11.3 Å². The number of hydrogen-bond acceptors (Lipinski definition) is 5. The first-order chi connectivity index (χ1) is 13.2. The quantitative estimate of drug-likeness (QED) is 0.808. The molecule has 1 fully saturated rings. The average molecular weight is 386 g/mol. The molecule has 1 aromatic carbocycles. The first-order valence-electron chi connectivity index (χ1n) is 9.82. The fourth-order valence-corrected chi connectivity index (χ4v) is 4.88. The molecule has 2 aromatic rings. The number of nitrogens with zero attached hydrogens (tertiary/aromatic N) is 2. The molecule has 1 N–H and O–H groups in total. The van der Waals surface area contributed by atoms with Crippen LogP contribution in [0.3, 0.4) is 0 Å². The maximum absolute atomic E-state index is 12.2. The van der Waals surface area contributed by atoms with Crippen LogP contribution in [-0.2, 0) is 24.3 Å². The largest absolute Gasteiger partial charge is 0.497 e. The molecule has 0 atom stereocenters. The number of methoxy groups -OCH3 is 1. The molecule has 4 rings (SSSR count). The number of fused-ring (bicyclic) bond motifs is 1. The van der Waals surface area contributed by atoms with E-state index < -0.39 is 0 Å². The van der Waals surface area contributed by atoms with Gasteiger partial charge in [0.05, 0.1) is 12.8 Å². The molecule has 1 amide bonds. The molecular formula is C21H27N3O2S. The second-order valence-corrected chi connectivity index (χ2v) is 8.50. The average Bonchev–Trinajstić information content (AvgIpc) is 3.33. The molecule has 2 heterocycles. The molecule has 0 spiro atoms. The predicted octanol–water partition coefficient (Wildman–Crippen LogP) is 4.23. The number of amides is 1. The molecule has 6 heteroatoms. The summed E-state index contributed by atoms with van der Waals surface area (Å²) in [7, 11) is 1.71. The van der Waals surface area contributed by atoms with Crippen molar-refractivity contribution in [2.45, 2.75) is 51.6 Å². The monoisotopic (exact) mass is 385 g/mol. The van der Waals surface area contributed by atoms with Gasteiger partial charge in [0.15, 0.2) is 5.13 Å². The Hall–Kier alpha value is -1.92. The molecule has 0 unspecified atom stereocenters. The lowest BCUT2D eigenvalue weighted by atomic mass is 9.99. The molecule has 0 radical (unpaired) electrons. The molecule has 27 heavy (non-hydrogen) atoms. The fraction of sp³-hybridized carbons (Fsp3) is 0.524. The Morgan fingerprint density at radius 3 is 3.00 bits per heavy atom. The molecule has 0 bridgehead atoms. The molecular weight excluding hydrogens is 358 g/mol. The number of nitrogens with one attached hydrogen (secondary N) is 1.